The molecule has 0 saturated heterocycles. The van der Waals surface area contributed by atoms with Crippen LogP contribution in [0.5, 0.6) is 5.75 Å². The van der Waals surface area contributed by atoms with Crippen molar-refractivity contribution in [3.63, 3.8) is 0 Å². The van der Waals surface area contributed by atoms with Crippen molar-refractivity contribution in [1.29, 1.82) is 0 Å². The quantitative estimate of drug-likeness (QED) is 0.280. The van der Waals surface area contributed by atoms with Crippen LogP contribution < -0.4 is 4.74 Å². The third kappa shape index (κ3) is 6.50. The number of unbranched alkanes of at least 4 members (excludes halogenated alkanes) is 7. The van der Waals surface area contributed by atoms with Crippen LogP contribution in [0.1, 0.15) is 79.8 Å². The molecule has 0 N–H and O–H groups in total. The fourth-order valence-corrected chi connectivity index (χ4v) is 4.58. The van der Waals surface area contributed by atoms with Gasteiger partial charge >= 0.3 is 0 Å². The van der Waals surface area contributed by atoms with Gasteiger partial charge in [0.1, 0.15) is 5.75 Å². The van der Waals surface area contributed by atoms with Crippen LogP contribution in [0, 0.1) is 6.92 Å². The van der Waals surface area contributed by atoms with Gasteiger partial charge in [0.15, 0.2) is 0 Å². The predicted octanol–water partition coefficient (Wildman–Crippen LogP) is 7.84. The topological polar surface area (TPSA) is 26.3 Å². The zero-order chi connectivity index (χ0) is 20.5. The molecule has 3 heteroatoms. The van der Waals surface area contributed by atoms with E-state index in [9.17, 15) is 4.79 Å². The molecule has 0 atom stereocenters. The summed E-state index contributed by atoms with van der Waals surface area (Å²) in [5, 5.41) is 0. The largest absolute Gasteiger partial charge is 0.494 e. The molecule has 0 amide bonds. The normalized spacial score (nSPS) is 14.4. The molecular weight excluding hydrogens is 376 g/mol. The van der Waals surface area contributed by atoms with Gasteiger partial charge in [-0.25, -0.2) is 0 Å². The number of thioether (sulfide) groups is 1. The number of allylic oxidation sites excluding steroid dienone is 1. The van der Waals surface area contributed by atoms with Crippen LogP contribution in [-0.4, -0.2) is 12.4 Å². The second kappa shape index (κ2) is 11.3. The average molecular weight is 409 g/mol. The first-order valence-electron chi connectivity index (χ1n) is 10.9. The fraction of sp³-hybridized carbons (Fsp3) is 0.423. The minimum Gasteiger partial charge on any atom is -0.494 e. The van der Waals surface area contributed by atoms with Crippen molar-refractivity contribution in [2.24, 2.45) is 0 Å². The summed E-state index contributed by atoms with van der Waals surface area (Å²) in [5.41, 5.74) is 3.07. The van der Waals surface area contributed by atoms with E-state index in [0.717, 1.165) is 39.7 Å². The maximum absolute atomic E-state index is 12.7. The molecule has 0 fully saturated rings. The highest BCUT2D eigenvalue weighted by molar-refractivity contribution is 8.04. The van der Waals surface area contributed by atoms with E-state index in [1.807, 2.05) is 24.3 Å². The lowest BCUT2D eigenvalue weighted by Gasteiger charge is -2.07. The molecule has 0 radical (unpaired) electrons. The van der Waals surface area contributed by atoms with Crippen LogP contribution in [0.2, 0.25) is 0 Å². The van der Waals surface area contributed by atoms with E-state index in [2.05, 4.69) is 38.1 Å². The molecule has 2 aromatic rings. The van der Waals surface area contributed by atoms with Gasteiger partial charge in [0.2, 0.25) is 5.78 Å². The molecule has 0 spiro atoms. The van der Waals surface area contributed by atoms with Gasteiger partial charge in [-0.2, -0.15) is 0 Å². The molecule has 2 nitrogen and oxygen atoms in total. The van der Waals surface area contributed by atoms with Crippen molar-refractivity contribution in [1.82, 2.24) is 0 Å². The molecule has 0 aliphatic carbocycles. The molecule has 29 heavy (non-hydrogen) atoms. The van der Waals surface area contributed by atoms with Gasteiger partial charge in [-0.3, -0.25) is 4.79 Å². The lowest BCUT2D eigenvalue weighted by Crippen LogP contribution is -1.98. The minimum atomic E-state index is 0.111. The van der Waals surface area contributed by atoms with Gasteiger partial charge in [0, 0.05) is 10.5 Å². The van der Waals surface area contributed by atoms with E-state index in [1.54, 1.807) is 11.8 Å². The van der Waals surface area contributed by atoms with Gasteiger partial charge in [0.05, 0.1) is 11.5 Å². The van der Waals surface area contributed by atoms with Gasteiger partial charge in [-0.1, -0.05) is 93.5 Å². The number of Topliss-reactive ketones (excluding diaryl/α,β-unsaturated/α-hetero) is 1. The Bertz CT molecular complexity index is 836. The number of hydrogen-bond acceptors (Lipinski definition) is 3. The Balaban J connectivity index is 1.46. The molecule has 1 aliphatic rings. The lowest BCUT2D eigenvalue weighted by molar-refractivity contribution is 0.104. The second-order valence-corrected chi connectivity index (χ2v) is 8.92. The summed E-state index contributed by atoms with van der Waals surface area (Å²) in [5.74, 6) is 0.976. The SMILES string of the molecule is CCCCCCCCCCOc1ccc2c(c1)SC(=Cc1ccc(C)cc1)C2=O. The first-order valence-corrected chi connectivity index (χ1v) is 11.8. The molecule has 2 aromatic carbocycles. The highest BCUT2D eigenvalue weighted by Gasteiger charge is 2.26. The van der Waals surface area contributed by atoms with E-state index < -0.39 is 0 Å². The molecule has 0 unspecified atom stereocenters. The van der Waals surface area contributed by atoms with Gasteiger partial charge in [-0.05, 0) is 43.2 Å². The number of carbonyl (C=O) groups excluding carboxylic acids is 1. The zero-order valence-electron chi connectivity index (χ0n) is 17.7. The Morgan fingerprint density at radius 2 is 1.59 bits per heavy atom. The number of ether oxygens (including phenoxy) is 1. The smallest absolute Gasteiger partial charge is 0.200 e. The first kappa shape index (κ1) is 21.7. The highest BCUT2D eigenvalue weighted by atomic mass is 32.2. The maximum atomic E-state index is 12.7. The van der Waals surface area contributed by atoms with Crippen LogP contribution in [0.15, 0.2) is 52.3 Å². The standard InChI is InChI=1S/C26H32O2S/c1-3-4-5-6-7-8-9-10-17-28-22-15-16-23-24(19-22)29-25(26(23)27)18-21-13-11-20(2)12-14-21/h11-16,18-19H,3-10,17H2,1-2H3. The van der Waals surface area contributed by atoms with Crippen molar-refractivity contribution in [2.75, 3.05) is 6.61 Å². The minimum absolute atomic E-state index is 0.111. The molecular formula is C26H32O2S. The number of aryl methyl sites for hydroxylation is 1. The third-order valence-electron chi connectivity index (χ3n) is 5.28. The zero-order valence-corrected chi connectivity index (χ0v) is 18.5. The van der Waals surface area contributed by atoms with Crippen molar-refractivity contribution >= 4 is 23.6 Å². The Morgan fingerprint density at radius 3 is 2.31 bits per heavy atom. The van der Waals surface area contributed by atoms with Crippen LogP contribution >= 0.6 is 11.8 Å². The summed E-state index contributed by atoms with van der Waals surface area (Å²) in [6.07, 6.45) is 12.4. The lowest BCUT2D eigenvalue weighted by atomic mass is 10.1. The predicted molar refractivity (Wildman–Crippen MR) is 124 cm³/mol. The van der Waals surface area contributed by atoms with E-state index in [4.69, 9.17) is 4.74 Å². The van der Waals surface area contributed by atoms with Crippen LogP contribution in [0.3, 0.4) is 0 Å². The van der Waals surface area contributed by atoms with Gasteiger partial charge in [0.25, 0.3) is 0 Å². The Kier molecular flexibility index (Phi) is 8.42. The van der Waals surface area contributed by atoms with E-state index in [-0.39, 0.29) is 5.78 Å². The van der Waals surface area contributed by atoms with Crippen LogP contribution in [0.25, 0.3) is 6.08 Å². The average Bonchev–Trinajstić information content (AvgIpc) is 3.03. The number of carbonyl (C=O) groups is 1. The van der Waals surface area contributed by atoms with Crippen molar-refractivity contribution in [3.05, 3.63) is 64.1 Å². The van der Waals surface area contributed by atoms with E-state index in [1.165, 1.54) is 50.5 Å². The summed E-state index contributed by atoms with van der Waals surface area (Å²) in [6, 6.07) is 14.1. The Morgan fingerprint density at radius 1 is 0.897 bits per heavy atom. The summed E-state index contributed by atoms with van der Waals surface area (Å²) < 4.78 is 5.93. The van der Waals surface area contributed by atoms with Crippen LogP contribution in [0.4, 0.5) is 0 Å². The summed E-state index contributed by atoms with van der Waals surface area (Å²) >= 11 is 1.55. The number of fused-ring (bicyclic) bond motifs is 1. The third-order valence-corrected chi connectivity index (χ3v) is 6.36. The molecule has 0 bridgehead atoms. The molecule has 1 heterocycles. The maximum Gasteiger partial charge on any atom is 0.200 e. The number of hydrogen-bond donors (Lipinski definition) is 0. The molecule has 3 rings (SSSR count). The monoisotopic (exact) mass is 408 g/mol. The van der Waals surface area contributed by atoms with E-state index in [0.29, 0.717) is 0 Å². The number of benzene rings is 2. The molecule has 1 aliphatic heterocycles. The van der Waals surface area contributed by atoms with Crippen molar-refractivity contribution in [2.45, 2.75) is 70.1 Å². The number of ketones is 1. The van der Waals surface area contributed by atoms with Crippen molar-refractivity contribution in [3.8, 4) is 5.75 Å². The molecule has 154 valence electrons. The number of rotatable bonds is 11. The Hall–Kier alpha value is -2.00. The summed E-state index contributed by atoms with van der Waals surface area (Å²) in [7, 11) is 0. The molecule has 0 saturated carbocycles. The van der Waals surface area contributed by atoms with Crippen LogP contribution in [-0.2, 0) is 0 Å². The molecule has 0 aromatic heterocycles. The highest BCUT2D eigenvalue weighted by Crippen LogP contribution is 2.42. The van der Waals surface area contributed by atoms with Gasteiger partial charge < -0.3 is 4.74 Å². The summed E-state index contributed by atoms with van der Waals surface area (Å²) in [6.45, 7) is 5.07. The fourth-order valence-electron chi connectivity index (χ4n) is 3.50. The Labute approximate surface area is 179 Å². The van der Waals surface area contributed by atoms with E-state index >= 15 is 0 Å². The summed E-state index contributed by atoms with van der Waals surface area (Å²) in [4.78, 5) is 14.5. The van der Waals surface area contributed by atoms with Crippen molar-refractivity contribution < 1.29 is 9.53 Å². The second-order valence-electron chi connectivity index (χ2n) is 7.83. The van der Waals surface area contributed by atoms with Gasteiger partial charge in [-0.15, -0.1) is 0 Å². The first-order chi connectivity index (χ1) is 14.2.